The molecule has 0 spiro atoms. The van der Waals surface area contributed by atoms with Crippen LogP contribution in [0.25, 0.3) is 0 Å². The van der Waals surface area contributed by atoms with E-state index in [1.165, 1.54) is 33.3 Å². The van der Waals surface area contributed by atoms with Gasteiger partial charge in [-0.15, -0.1) is 5.10 Å². The van der Waals surface area contributed by atoms with Gasteiger partial charge in [0.2, 0.25) is 18.0 Å². The number of hydrogen-bond acceptors (Lipinski definition) is 7. The van der Waals surface area contributed by atoms with Crippen molar-refractivity contribution < 1.29 is 23.9 Å². The lowest BCUT2D eigenvalue weighted by atomic mass is 10.1. The lowest BCUT2D eigenvalue weighted by Gasteiger charge is -2.19. The van der Waals surface area contributed by atoms with Crippen LogP contribution in [0.1, 0.15) is 24.3 Å². The van der Waals surface area contributed by atoms with E-state index in [2.05, 4.69) is 21.0 Å². The Labute approximate surface area is 168 Å². The van der Waals surface area contributed by atoms with Gasteiger partial charge in [0.05, 0.1) is 25.2 Å². The highest BCUT2D eigenvalue weighted by Gasteiger charge is 2.36. The predicted molar refractivity (Wildman–Crippen MR) is 103 cm³/mol. The van der Waals surface area contributed by atoms with Gasteiger partial charge in [0.1, 0.15) is 5.56 Å². The van der Waals surface area contributed by atoms with Crippen LogP contribution in [0.15, 0.2) is 46.0 Å². The van der Waals surface area contributed by atoms with Crippen LogP contribution in [0.4, 0.5) is 5.69 Å². The summed E-state index contributed by atoms with van der Waals surface area (Å²) in [5.41, 5.74) is 0.452. The quantitative estimate of drug-likeness (QED) is 0.509. The molecule has 1 aliphatic heterocycles. The summed E-state index contributed by atoms with van der Waals surface area (Å²) in [6.07, 6.45) is -0.849. The Morgan fingerprint density at radius 1 is 1.25 bits per heavy atom. The largest absolute Gasteiger partial charge is 0.493 e. The molecule has 1 atom stereocenters. The third-order valence-electron chi connectivity index (χ3n) is 4.03. The number of amides is 1. The number of nitro benzene ring substituents is 1. The molecular formula is C18H16BrN3O6. The van der Waals surface area contributed by atoms with Crippen LogP contribution < -0.4 is 9.47 Å². The standard InChI is InChI=1S/C18H16BrN3O6/c1-10(23)21-18(11-5-4-6-12(19)7-11)28-17(20-21)13-8-15(26-2)16(27-3)9-14(13)22(24)25/h4-9,18H,1-3H3/t18-/m0/s1. The SMILES string of the molecule is COc1cc(C2=NN(C(C)=O)[C@H](c3cccc(Br)c3)O2)c([N+](=O)[O-])cc1OC. The molecular weight excluding hydrogens is 434 g/mol. The molecule has 3 rings (SSSR count). The smallest absolute Gasteiger partial charge is 0.286 e. The van der Waals surface area contributed by atoms with E-state index in [-0.39, 0.29) is 34.6 Å². The normalized spacial score (nSPS) is 15.6. The number of benzene rings is 2. The summed E-state index contributed by atoms with van der Waals surface area (Å²) in [6.45, 7) is 1.34. The maximum Gasteiger partial charge on any atom is 0.286 e. The number of methoxy groups -OCH3 is 2. The van der Waals surface area contributed by atoms with E-state index in [0.717, 1.165) is 9.48 Å². The van der Waals surface area contributed by atoms with Crippen molar-refractivity contribution in [3.05, 3.63) is 62.1 Å². The highest BCUT2D eigenvalue weighted by Crippen LogP contribution is 2.38. The number of carbonyl (C=O) groups is 1. The predicted octanol–water partition coefficient (Wildman–Crippen LogP) is 3.61. The lowest BCUT2D eigenvalue weighted by molar-refractivity contribution is -0.385. The van der Waals surface area contributed by atoms with Crippen LogP contribution in [0.5, 0.6) is 11.5 Å². The summed E-state index contributed by atoms with van der Waals surface area (Å²) in [4.78, 5) is 23.1. The monoisotopic (exact) mass is 449 g/mol. The van der Waals surface area contributed by atoms with Gasteiger partial charge in [-0.2, -0.15) is 5.01 Å². The van der Waals surface area contributed by atoms with Crippen molar-refractivity contribution in [2.24, 2.45) is 5.10 Å². The Morgan fingerprint density at radius 3 is 2.50 bits per heavy atom. The van der Waals surface area contributed by atoms with Crippen molar-refractivity contribution in [1.82, 2.24) is 5.01 Å². The molecule has 9 nitrogen and oxygen atoms in total. The van der Waals surface area contributed by atoms with E-state index < -0.39 is 11.2 Å². The summed E-state index contributed by atoms with van der Waals surface area (Å²) in [7, 11) is 2.79. The number of halogens is 1. The van der Waals surface area contributed by atoms with Crippen LogP contribution in [-0.2, 0) is 9.53 Å². The third kappa shape index (κ3) is 3.63. The van der Waals surface area contributed by atoms with Crippen molar-refractivity contribution in [2.75, 3.05) is 14.2 Å². The summed E-state index contributed by atoms with van der Waals surface area (Å²) < 4.78 is 17.0. The Kier molecular flexibility index (Phi) is 5.50. The Morgan fingerprint density at radius 2 is 1.93 bits per heavy atom. The number of hydrogen-bond donors (Lipinski definition) is 0. The van der Waals surface area contributed by atoms with Gasteiger partial charge in [-0.05, 0) is 12.1 Å². The highest BCUT2D eigenvalue weighted by molar-refractivity contribution is 9.10. The average Bonchev–Trinajstić information content (AvgIpc) is 3.12. The first-order chi connectivity index (χ1) is 13.3. The van der Waals surface area contributed by atoms with Crippen molar-refractivity contribution in [1.29, 1.82) is 0 Å². The van der Waals surface area contributed by atoms with E-state index >= 15 is 0 Å². The van der Waals surface area contributed by atoms with Gasteiger partial charge >= 0.3 is 0 Å². The fraction of sp³-hybridized carbons (Fsp3) is 0.222. The zero-order valence-corrected chi connectivity index (χ0v) is 16.8. The van der Waals surface area contributed by atoms with Gasteiger partial charge in [-0.3, -0.25) is 14.9 Å². The number of rotatable bonds is 5. The molecule has 0 saturated carbocycles. The highest BCUT2D eigenvalue weighted by atomic mass is 79.9. The van der Waals surface area contributed by atoms with Gasteiger partial charge in [-0.1, -0.05) is 28.1 Å². The van der Waals surface area contributed by atoms with Crippen molar-refractivity contribution in [2.45, 2.75) is 13.2 Å². The zero-order chi connectivity index (χ0) is 20.4. The topological polar surface area (TPSA) is 104 Å². The van der Waals surface area contributed by atoms with Crippen LogP contribution in [0, 0.1) is 10.1 Å². The lowest BCUT2D eigenvalue weighted by Crippen LogP contribution is -2.25. The molecule has 0 saturated heterocycles. The molecule has 10 heteroatoms. The number of hydrazone groups is 1. The average molecular weight is 450 g/mol. The van der Waals surface area contributed by atoms with E-state index in [1.807, 2.05) is 6.07 Å². The molecule has 0 aliphatic carbocycles. The van der Waals surface area contributed by atoms with E-state index in [9.17, 15) is 14.9 Å². The fourth-order valence-electron chi connectivity index (χ4n) is 2.74. The molecule has 0 aromatic heterocycles. The first kappa shape index (κ1) is 19.6. The van der Waals surface area contributed by atoms with E-state index in [4.69, 9.17) is 14.2 Å². The molecule has 1 amide bonds. The Hall–Kier alpha value is -3.14. The molecule has 0 radical (unpaired) electrons. The minimum Gasteiger partial charge on any atom is -0.493 e. The molecule has 0 N–H and O–H groups in total. The van der Waals surface area contributed by atoms with Crippen LogP contribution in [-0.4, -0.2) is 36.0 Å². The minimum atomic E-state index is -0.849. The zero-order valence-electron chi connectivity index (χ0n) is 15.2. The molecule has 28 heavy (non-hydrogen) atoms. The molecule has 2 aromatic carbocycles. The first-order valence-corrected chi connectivity index (χ1v) is 8.86. The maximum absolute atomic E-state index is 12.1. The minimum absolute atomic E-state index is 0.0622. The van der Waals surface area contributed by atoms with Crippen LogP contribution in [0.2, 0.25) is 0 Å². The second-order valence-corrected chi connectivity index (χ2v) is 6.69. The van der Waals surface area contributed by atoms with Gasteiger partial charge in [0.15, 0.2) is 11.5 Å². The fourth-order valence-corrected chi connectivity index (χ4v) is 3.16. The molecule has 0 fully saturated rings. The van der Waals surface area contributed by atoms with Crippen molar-refractivity contribution in [3.63, 3.8) is 0 Å². The third-order valence-corrected chi connectivity index (χ3v) is 4.52. The second kappa shape index (κ2) is 7.85. The second-order valence-electron chi connectivity index (χ2n) is 5.78. The number of ether oxygens (including phenoxy) is 3. The molecule has 2 aromatic rings. The number of nitrogens with zero attached hydrogens (tertiary/aromatic N) is 3. The first-order valence-electron chi connectivity index (χ1n) is 8.07. The number of carbonyl (C=O) groups excluding carboxylic acids is 1. The Bertz CT molecular complexity index is 978. The molecule has 0 unspecified atom stereocenters. The molecule has 146 valence electrons. The Balaban J connectivity index is 2.09. The van der Waals surface area contributed by atoms with Crippen molar-refractivity contribution >= 4 is 33.4 Å². The van der Waals surface area contributed by atoms with E-state index in [1.54, 1.807) is 18.2 Å². The van der Waals surface area contributed by atoms with Crippen LogP contribution in [0.3, 0.4) is 0 Å². The van der Waals surface area contributed by atoms with E-state index in [0.29, 0.717) is 5.56 Å². The van der Waals surface area contributed by atoms with Gasteiger partial charge in [0.25, 0.3) is 5.69 Å². The van der Waals surface area contributed by atoms with Gasteiger partial charge < -0.3 is 14.2 Å². The summed E-state index contributed by atoms with van der Waals surface area (Å²) in [5.74, 6) is 0.0362. The van der Waals surface area contributed by atoms with Crippen LogP contribution >= 0.6 is 15.9 Å². The maximum atomic E-state index is 12.1. The molecule has 0 bridgehead atoms. The molecule has 1 aliphatic rings. The summed E-state index contributed by atoms with van der Waals surface area (Å²) in [6, 6.07) is 9.80. The summed E-state index contributed by atoms with van der Waals surface area (Å²) >= 11 is 3.38. The summed E-state index contributed by atoms with van der Waals surface area (Å²) in [5, 5.41) is 16.9. The van der Waals surface area contributed by atoms with Gasteiger partial charge in [-0.25, -0.2) is 0 Å². The van der Waals surface area contributed by atoms with Crippen molar-refractivity contribution in [3.8, 4) is 11.5 Å². The van der Waals surface area contributed by atoms with Gasteiger partial charge in [0, 0.05) is 23.0 Å². The number of nitro groups is 1. The molecule has 1 heterocycles.